The standard InChI is InChI=1S/C19H20N2O8/c1-26-13-6-5-10(7-12(13)21(24)25)16-17(22)19(23)20(16)11-8-14(27-2)18(29-4)15(9-11)28-3/h5-9,16-17,22H,1-4H3/t16-,17+/m1/s1. The Hall–Kier alpha value is -3.53. The quantitative estimate of drug-likeness (QED) is 0.423. The van der Waals surface area contributed by atoms with Gasteiger partial charge in [0.05, 0.1) is 45.1 Å². The van der Waals surface area contributed by atoms with Crippen LogP contribution in [0.15, 0.2) is 30.3 Å². The zero-order chi connectivity index (χ0) is 21.3. The van der Waals surface area contributed by atoms with Gasteiger partial charge in [0.1, 0.15) is 0 Å². The highest BCUT2D eigenvalue weighted by Gasteiger charge is 2.49. The van der Waals surface area contributed by atoms with E-state index in [1.54, 1.807) is 18.2 Å². The summed E-state index contributed by atoms with van der Waals surface area (Å²) in [6.45, 7) is 0. The van der Waals surface area contributed by atoms with Crippen molar-refractivity contribution in [3.8, 4) is 23.0 Å². The number of nitrogens with zero attached hydrogens (tertiary/aromatic N) is 2. The molecule has 0 bridgehead atoms. The van der Waals surface area contributed by atoms with Crippen molar-refractivity contribution < 1.29 is 33.8 Å². The predicted molar refractivity (Wildman–Crippen MR) is 102 cm³/mol. The molecule has 0 unspecified atom stereocenters. The molecule has 29 heavy (non-hydrogen) atoms. The van der Waals surface area contributed by atoms with Crippen LogP contribution in [0.3, 0.4) is 0 Å². The fourth-order valence-corrected chi connectivity index (χ4v) is 3.33. The highest BCUT2D eigenvalue weighted by Crippen LogP contribution is 2.47. The molecule has 10 nitrogen and oxygen atoms in total. The lowest BCUT2D eigenvalue weighted by atomic mass is 9.89. The van der Waals surface area contributed by atoms with Crippen molar-refractivity contribution in [3.63, 3.8) is 0 Å². The Morgan fingerprint density at radius 3 is 2.03 bits per heavy atom. The number of aliphatic hydroxyl groups is 1. The molecular weight excluding hydrogens is 384 g/mol. The third kappa shape index (κ3) is 3.27. The van der Waals surface area contributed by atoms with Gasteiger partial charge in [0.25, 0.3) is 5.91 Å². The molecular formula is C19H20N2O8. The minimum atomic E-state index is -1.35. The molecule has 1 amide bonds. The van der Waals surface area contributed by atoms with Gasteiger partial charge in [0.2, 0.25) is 5.75 Å². The number of carbonyl (C=O) groups excluding carboxylic acids is 1. The van der Waals surface area contributed by atoms with Crippen molar-refractivity contribution in [2.24, 2.45) is 0 Å². The maximum absolute atomic E-state index is 12.4. The first kappa shape index (κ1) is 20.2. The summed E-state index contributed by atoms with van der Waals surface area (Å²) in [5.41, 5.74) is 0.512. The van der Waals surface area contributed by atoms with E-state index in [1.807, 2.05) is 0 Å². The summed E-state index contributed by atoms with van der Waals surface area (Å²) in [4.78, 5) is 24.5. The number of anilines is 1. The lowest BCUT2D eigenvalue weighted by Gasteiger charge is -2.44. The van der Waals surface area contributed by atoms with Crippen molar-refractivity contribution in [1.82, 2.24) is 0 Å². The number of hydrogen-bond acceptors (Lipinski definition) is 8. The second-order valence-corrected chi connectivity index (χ2v) is 6.17. The molecule has 154 valence electrons. The molecule has 0 radical (unpaired) electrons. The van der Waals surface area contributed by atoms with Gasteiger partial charge in [-0.2, -0.15) is 0 Å². The molecule has 1 saturated heterocycles. The van der Waals surface area contributed by atoms with E-state index >= 15 is 0 Å². The Bertz CT molecular complexity index is 936. The largest absolute Gasteiger partial charge is 0.493 e. The monoisotopic (exact) mass is 404 g/mol. The van der Waals surface area contributed by atoms with Crippen molar-refractivity contribution >= 4 is 17.3 Å². The Labute approximate surface area is 166 Å². The first-order valence-electron chi connectivity index (χ1n) is 8.51. The van der Waals surface area contributed by atoms with E-state index in [4.69, 9.17) is 18.9 Å². The Balaban J connectivity index is 2.08. The molecule has 0 spiro atoms. The van der Waals surface area contributed by atoms with Crippen LogP contribution in [-0.2, 0) is 4.79 Å². The molecule has 1 N–H and O–H groups in total. The van der Waals surface area contributed by atoms with Gasteiger partial charge >= 0.3 is 5.69 Å². The maximum Gasteiger partial charge on any atom is 0.311 e. The normalized spacial score (nSPS) is 18.1. The number of hydrogen-bond donors (Lipinski definition) is 1. The number of rotatable bonds is 7. The molecule has 1 heterocycles. The second-order valence-electron chi connectivity index (χ2n) is 6.17. The van der Waals surface area contributed by atoms with E-state index < -0.39 is 23.0 Å². The molecule has 1 fully saturated rings. The molecule has 0 saturated carbocycles. The van der Waals surface area contributed by atoms with Crippen LogP contribution in [0.5, 0.6) is 23.0 Å². The second kappa shape index (κ2) is 7.84. The van der Waals surface area contributed by atoms with Crippen LogP contribution in [0.2, 0.25) is 0 Å². The summed E-state index contributed by atoms with van der Waals surface area (Å²) < 4.78 is 20.9. The molecule has 2 aromatic carbocycles. The Morgan fingerprint density at radius 1 is 0.966 bits per heavy atom. The Morgan fingerprint density at radius 2 is 1.55 bits per heavy atom. The van der Waals surface area contributed by atoms with E-state index in [1.165, 1.54) is 45.5 Å². The van der Waals surface area contributed by atoms with E-state index in [0.29, 0.717) is 28.5 Å². The first-order chi connectivity index (χ1) is 13.9. The number of carbonyl (C=O) groups is 1. The molecule has 0 aromatic heterocycles. The summed E-state index contributed by atoms with van der Waals surface area (Å²) in [6, 6.07) is 6.58. The first-order valence-corrected chi connectivity index (χ1v) is 8.51. The zero-order valence-corrected chi connectivity index (χ0v) is 16.2. The molecule has 2 atom stereocenters. The number of methoxy groups -OCH3 is 4. The smallest absolute Gasteiger partial charge is 0.311 e. The minimum Gasteiger partial charge on any atom is -0.493 e. The molecule has 3 rings (SSSR count). The summed E-state index contributed by atoms with van der Waals surface area (Å²) in [6.07, 6.45) is -1.35. The summed E-state index contributed by atoms with van der Waals surface area (Å²) in [7, 11) is 5.67. The van der Waals surface area contributed by atoms with Crippen LogP contribution in [0, 0.1) is 10.1 Å². The van der Waals surface area contributed by atoms with Crippen LogP contribution >= 0.6 is 0 Å². The number of ether oxygens (including phenoxy) is 4. The number of nitro benzene ring substituents is 1. The lowest BCUT2D eigenvalue weighted by Crippen LogP contribution is -2.59. The van der Waals surface area contributed by atoms with Gasteiger partial charge in [0.15, 0.2) is 23.4 Å². The number of β-lactam (4-membered cyclic amide) rings is 1. The van der Waals surface area contributed by atoms with Gasteiger partial charge in [0, 0.05) is 18.2 Å². The van der Waals surface area contributed by atoms with Gasteiger partial charge in [-0.3, -0.25) is 19.8 Å². The fraction of sp³-hybridized carbons (Fsp3) is 0.316. The topological polar surface area (TPSA) is 121 Å². The van der Waals surface area contributed by atoms with Crippen LogP contribution in [0.4, 0.5) is 11.4 Å². The third-order valence-corrected chi connectivity index (χ3v) is 4.74. The molecule has 1 aliphatic rings. The summed E-state index contributed by atoms with van der Waals surface area (Å²) in [5, 5.41) is 21.6. The van der Waals surface area contributed by atoms with E-state index in [-0.39, 0.29) is 11.4 Å². The van der Waals surface area contributed by atoms with Crippen LogP contribution < -0.4 is 23.8 Å². The fourth-order valence-electron chi connectivity index (χ4n) is 3.33. The van der Waals surface area contributed by atoms with Crippen molar-refractivity contribution in [1.29, 1.82) is 0 Å². The van der Waals surface area contributed by atoms with E-state index in [0.717, 1.165) is 0 Å². The molecule has 1 aliphatic heterocycles. The summed E-state index contributed by atoms with van der Waals surface area (Å²) >= 11 is 0. The van der Waals surface area contributed by atoms with Crippen LogP contribution in [-0.4, -0.2) is 50.5 Å². The van der Waals surface area contributed by atoms with Gasteiger partial charge in [-0.25, -0.2) is 0 Å². The minimum absolute atomic E-state index is 0.0817. The highest BCUT2D eigenvalue weighted by atomic mass is 16.6. The number of amides is 1. The lowest BCUT2D eigenvalue weighted by molar-refractivity contribution is -0.385. The zero-order valence-electron chi connectivity index (χ0n) is 16.2. The van der Waals surface area contributed by atoms with Gasteiger partial charge in [-0.15, -0.1) is 0 Å². The number of nitro groups is 1. The van der Waals surface area contributed by atoms with Crippen molar-refractivity contribution in [3.05, 3.63) is 46.0 Å². The SMILES string of the molecule is COc1ccc([C@@H]2[C@H](O)C(=O)N2c2cc(OC)c(OC)c(OC)c2)cc1[N+](=O)[O-]. The predicted octanol–water partition coefficient (Wildman–Crippen LogP) is 2.08. The van der Waals surface area contributed by atoms with E-state index in [9.17, 15) is 20.0 Å². The van der Waals surface area contributed by atoms with Gasteiger partial charge in [-0.05, 0) is 11.6 Å². The maximum atomic E-state index is 12.4. The van der Waals surface area contributed by atoms with Gasteiger partial charge in [-0.1, -0.05) is 6.07 Å². The van der Waals surface area contributed by atoms with Crippen molar-refractivity contribution in [2.45, 2.75) is 12.1 Å². The average molecular weight is 404 g/mol. The number of aliphatic hydroxyl groups excluding tert-OH is 1. The highest BCUT2D eigenvalue weighted by molar-refractivity contribution is 6.05. The van der Waals surface area contributed by atoms with Crippen molar-refractivity contribution in [2.75, 3.05) is 33.3 Å². The molecule has 0 aliphatic carbocycles. The van der Waals surface area contributed by atoms with Crippen LogP contribution in [0.25, 0.3) is 0 Å². The number of benzene rings is 2. The average Bonchev–Trinajstić information content (AvgIpc) is 2.74. The summed E-state index contributed by atoms with van der Waals surface area (Å²) in [5.74, 6) is 0.538. The van der Waals surface area contributed by atoms with Crippen LogP contribution in [0.1, 0.15) is 11.6 Å². The Kier molecular flexibility index (Phi) is 5.46. The van der Waals surface area contributed by atoms with Gasteiger partial charge < -0.3 is 24.1 Å². The van der Waals surface area contributed by atoms with E-state index in [2.05, 4.69) is 0 Å². The molecule has 2 aromatic rings. The molecule has 10 heteroatoms. The third-order valence-electron chi connectivity index (χ3n) is 4.74.